The monoisotopic (exact) mass is 224 g/mol. The van der Waals surface area contributed by atoms with E-state index in [4.69, 9.17) is 4.74 Å². The molecule has 3 heteroatoms. The molecule has 2 rings (SSSR count). The van der Waals surface area contributed by atoms with Gasteiger partial charge in [-0.1, -0.05) is 12.1 Å². The van der Waals surface area contributed by atoms with Crippen molar-refractivity contribution in [2.75, 3.05) is 13.2 Å². The van der Waals surface area contributed by atoms with Gasteiger partial charge in [0, 0.05) is 12.0 Å². The average Bonchev–Trinajstić information content (AvgIpc) is 2.61. The first-order chi connectivity index (χ1) is 7.66. The summed E-state index contributed by atoms with van der Waals surface area (Å²) < 4.78 is 18.6. The van der Waals surface area contributed by atoms with Crippen molar-refractivity contribution in [3.63, 3.8) is 0 Å². The Balaban J connectivity index is 2.18. The van der Waals surface area contributed by atoms with Crippen LogP contribution in [0.4, 0.5) is 4.39 Å². The van der Waals surface area contributed by atoms with Crippen LogP contribution in [0.1, 0.15) is 18.9 Å². The van der Waals surface area contributed by atoms with Gasteiger partial charge in [-0.3, -0.25) is 0 Å². The molecule has 0 aliphatic carbocycles. The zero-order valence-corrected chi connectivity index (χ0v) is 9.45. The van der Waals surface area contributed by atoms with Gasteiger partial charge < -0.3 is 9.84 Å². The Morgan fingerprint density at radius 2 is 2.38 bits per heavy atom. The molecular formula is C13H17FO2. The summed E-state index contributed by atoms with van der Waals surface area (Å²) in [6, 6.07) is 6.56. The summed E-state index contributed by atoms with van der Waals surface area (Å²) in [5, 5.41) is 9.54. The molecule has 1 heterocycles. The number of hydrogen-bond donors (Lipinski definition) is 1. The largest absolute Gasteiger partial charge is 0.396 e. The van der Waals surface area contributed by atoms with E-state index < -0.39 is 0 Å². The fraction of sp³-hybridized carbons (Fsp3) is 0.538. The number of aliphatic hydroxyl groups is 1. The average molecular weight is 224 g/mol. The summed E-state index contributed by atoms with van der Waals surface area (Å²) in [7, 11) is 0. The van der Waals surface area contributed by atoms with Gasteiger partial charge in [-0.05, 0) is 37.5 Å². The Morgan fingerprint density at radius 3 is 2.94 bits per heavy atom. The van der Waals surface area contributed by atoms with Gasteiger partial charge in [0.15, 0.2) is 0 Å². The van der Waals surface area contributed by atoms with Gasteiger partial charge in [-0.2, -0.15) is 0 Å². The molecule has 1 aromatic carbocycles. The SMILES string of the molecule is CC1OCCC1(CO)Cc1cccc(F)c1. The molecule has 0 radical (unpaired) electrons. The van der Waals surface area contributed by atoms with Crippen molar-refractivity contribution < 1.29 is 14.2 Å². The standard InChI is InChI=1S/C13H17FO2/c1-10-13(9-15,5-6-16-10)8-11-3-2-4-12(14)7-11/h2-4,7,10,15H,5-6,8-9H2,1H3. The highest BCUT2D eigenvalue weighted by molar-refractivity contribution is 5.19. The maximum absolute atomic E-state index is 13.1. The molecule has 0 spiro atoms. The molecule has 0 saturated carbocycles. The maximum Gasteiger partial charge on any atom is 0.123 e. The number of ether oxygens (including phenoxy) is 1. The highest BCUT2D eigenvalue weighted by Crippen LogP contribution is 2.37. The van der Waals surface area contributed by atoms with E-state index in [2.05, 4.69) is 0 Å². The molecule has 1 saturated heterocycles. The predicted octanol–water partition coefficient (Wildman–Crippen LogP) is 2.16. The van der Waals surface area contributed by atoms with Gasteiger partial charge in [0.1, 0.15) is 5.82 Å². The number of halogens is 1. The second kappa shape index (κ2) is 4.52. The summed E-state index contributed by atoms with van der Waals surface area (Å²) >= 11 is 0. The summed E-state index contributed by atoms with van der Waals surface area (Å²) in [5.41, 5.74) is 0.680. The zero-order valence-electron chi connectivity index (χ0n) is 9.45. The van der Waals surface area contributed by atoms with Gasteiger partial charge >= 0.3 is 0 Å². The first-order valence-electron chi connectivity index (χ1n) is 5.63. The fourth-order valence-corrected chi connectivity index (χ4v) is 2.37. The summed E-state index contributed by atoms with van der Waals surface area (Å²) in [5.74, 6) is -0.225. The lowest BCUT2D eigenvalue weighted by molar-refractivity contribution is 0.0271. The molecule has 0 bridgehead atoms. The van der Waals surface area contributed by atoms with Crippen molar-refractivity contribution in [3.05, 3.63) is 35.6 Å². The van der Waals surface area contributed by atoms with Crippen molar-refractivity contribution in [1.82, 2.24) is 0 Å². The topological polar surface area (TPSA) is 29.5 Å². The molecule has 2 nitrogen and oxygen atoms in total. The van der Waals surface area contributed by atoms with Crippen LogP contribution in [-0.2, 0) is 11.2 Å². The van der Waals surface area contributed by atoms with E-state index in [1.54, 1.807) is 6.07 Å². The minimum atomic E-state index is -0.242. The molecule has 1 aromatic rings. The van der Waals surface area contributed by atoms with E-state index in [1.807, 2.05) is 13.0 Å². The molecule has 1 N–H and O–H groups in total. The number of benzene rings is 1. The molecule has 1 aliphatic rings. The minimum Gasteiger partial charge on any atom is -0.396 e. The number of hydrogen-bond acceptors (Lipinski definition) is 2. The van der Waals surface area contributed by atoms with E-state index in [0.717, 1.165) is 12.0 Å². The van der Waals surface area contributed by atoms with Crippen LogP contribution in [0.2, 0.25) is 0 Å². The van der Waals surface area contributed by atoms with Crippen molar-refractivity contribution in [3.8, 4) is 0 Å². The van der Waals surface area contributed by atoms with Gasteiger partial charge in [0.25, 0.3) is 0 Å². The number of aliphatic hydroxyl groups excluding tert-OH is 1. The smallest absolute Gasteiger partial charge is 0.123 e. The minimum absolute atomic E-state index is 0.0285. The fourth-order valence-electron chi connectivity index (χ4n) is 2.37. The van der Waals surface area contributed by atoms with Gasteiger partial charge in [-0.15, -0.1) is 0 Å². The summed E-state index contributed by atoms with van der Waals surface area (Å²) in [6.45, 7) is 2.74. The molecule has 0 aromatic heterocycles. The quantitative estimate of drug-likeness (QED) is 0.852. The van der Waals surface area contributed by atoms with Crippen molar-refractivity contribution in [2.24, 2.45) is 5.41 Å². The van der Waals surface area contributed by atoms with Gasteiger partial charge in [-0.25, -0.2) is 4.39 Å². The van der Waals surface area contributed by atoms with Crippen molar-refractivity contribution in [1.29, 1.82) is 0 Å². The zero-order chi connectivity index (χ0) is 11.6. The third-order valence-corrected chi connectivity index (χ3v) is 3.59. The van der Waals surface area contributed by atoms with Crippen LogP contribution < -0.4 is 0 Å². The van der Waals surface area contributed by atoms with Crippen molar-refractivity contribution in [2.45, 2.75) is 25.9 Å². The third kappa shape index (κ3) is 2.11. The van der Waals surface area contributed by atoms with Crippen LogP contribution in [0.3, 0.4) is 0 Å². The lowest BCUT2D eigenvalue weighted by Crippen LogP contribution is -2.35. The van der Waals surface area contributed by atoms with Crippen LogP contribution in [0.15, 0.2) is 24.3 Å². The third-order valence-electron chi connectivity index (χ3n) is 3.59. The van der Waals surface area contributed by atoms with Crippen LogP contribution in [-0.4, -0.2) is 24.4 Å². The van der Waals surface area contributed by atoms with Crippen LogP contribution >= 0.6 is 0 Å². The van der Waals surface area contributed by atoms with Crippen molar-refractivity contribution >= 4 is 0 Å². The Labute approximate surface area is 95.1 Å². The van der Waals surface area contributed by atoms with E-state index in [0.29, 0.717) is 13.0 Å². The highest BCUT2D eigenvalue weighted by Gasteiger charge is 2.40. The second-order valence-corrected chi connectivity index (χ2v) is 4.59. The summed E-state index contributed by atoms with van der Waals surface area (Å²) in [6.07, 6.45) is 1.53. The van der Waals surface area contributed by atoms with Crippen LogP contribution in [0.25, 0.3) is 0 Å². The Kier molecular flexibility index (Phi) is 3.26. The summed E-state index contributed by atoms with van der Waals surface area (Å²) in [4.78, 5) is 0. The number of rotatable bonds is 3. The first kappa shape index (κ1) is 11.6. The molecular weight excluding hydrogens is 207 g/mol. The second-order valence-electron chi connectivity index (χ2n) is 4.59. The van der Waals surface area contributed by atoms with Crippen LogP contribution in [0, 0.1) is 11.2 Å². The van der Waals surface area contributed by atoms with E-state index >= 15 is 0 Å². The Bertz CT molecular complexity index is 367. The molecule has 1 aliphatic heterocycles. The lowest BCUT2D eigenvalue weighted by Gasteiger charge is -2.30. The lowest BCUT2D eigenvalue weighted by atomic mass is 9.77. The molecule has 88 valence electrons. The molecule has 1 fully saturated rings. The maximum atomic E-state index is 13.1. The van der Waals surface area contributed by atoms with Crippen LogP contribution in [0.5, 0.6) is 0 Å². The molecule has 2 unspecified atom stereocenters. The first-order valence-corrected chi connectivity index (χ1v) is 5.63. The molecule has 2 atom stereocenters. The van der Waals surface area contributed by atoms with E-state index in [-0.39, 0.29) is 23.9 Å². The normalized spacial score (nSPS) is 29.6. The molecule has 0 amide bonds. The highest BCUT2D eigenvalue weighted by atomic mass is 19.1. The van der Waals surface area contributed by atoms with E-state index in [1.165, 1.54) is 12.1 Å². The van der Waals surface area contributed by atoms with Gasteiger partial charge in [0.2, 0.25) is 0 Å². The molecule has 16 heavy (non-hydrogen) atoms. The Morgan fingerprint density at radius 1 is 1.56 bits per heavy atom. The Hall–Kier alpha value is -0.930. The van der Waals surface area contributed by atoms with E-state index in [9.17, 15) is 9.50 Å². The van der Waals surface area contributed by atoms with Gasteiger partial charge in [0.05, 0.1) is 12.7 Å². The predicted molar refractivity (Wildman–Crippen MR) is 59.7 cm³/mol.